The van der Waals surface area contributed by atoms with E-state index in [2.05, 4.69) is 35.0 Å². The Morgan fingerprint density at radius 2 is 2.08 bits per heavy atom. The van der Waals surface area contributed by atoms with E-state index in [1.807, 2.05) is 12.1 Å². The summed E-state index contributed by atoms with van der Waals surface area (Å²) in [5.41, 5.74) is 7.15. The normalized spacial score (nSPS) is 12.9. The molecule has 0 saturated carbocycles. The summed E-state index contributed by atoms with van der Waals surface area (Å²) in [5, 5.41) is 0. The minimum atomic E-state index is 0.281. The summed E-state index contributed by atoms with van der Waals surface area (Å²) in [7, 11) is 0. The van der Waals surface area contributed by atoms with E-state index in [4.69, 9.17) is 5.73 Å². The molecule has 0 heterocycles. The summed E-state index contributed by atoms with van der Waals surface area (Å²) in [5.74, 6) is 0. The van der Waals surface area contributed by atoms with Crippen LogP contribution in [-0.2, 0) is 6.42 Å². The van der Waals surface area contributed by atoms with E-state index >= 15 is 0 Å². The molecule has 0 amide bonds. The first kappa shape index (κ1) is 9.75. The zero-order chi connectivity index (χ0) is 8.97. The van der Waals surface area contributed by atoms with Crippen LogP contribution in [0.5, 0.6) is 0 Å². The summed E-state index contributed by atoms with van der Waals surface area (Å²) in [6, 6.07) is 8.51. The van der Waals surface area contributed by atoms with Crippen LogP contribution in [0.2, 0.25) is 0 Å². The molecule has 0 aliphatic rings. The van der Waals surface area contributed by atoms with Gasteiger partial charge in [-0.1, -0.05) is 41.1 Å². The highest BCUT2D eigenvalue weighted by Crippen LogP contribution is 2.17. The number of hydrogen-bond donors (Lipinski definition) is 1. The maximum absolute atomic E-state index is 5.85. The quantitative estimate of drug-likeness (QED) is 0.845. The van der Waals surface area contributed by atoms with Gasteiger partial charge >= 0.3 is 0 Å². The van der Waals surface area contributed by atoms with Crippen molar-refractivity contribution in [2.45, 2.75) is 25.8 Å². The van der Waals surface area contributed by atoms with E-state index in [1.165, 1.54) is 5.56 Å². The van der Waals surface area contributed by atoms with E-state index in [0.29, 0.717) is 0 Å². The maximum Gasteiger partial charge on any atom is 0.0207 e. The Bertz CT molecular complexity index is 247. The third-order valence-electron chi connectivity index (χ3n) is 1.96. The van der Waals surface area contributed by atoms with Gasteiger partial charge in [0.2, 0.25) is 0 Å². The fourth-order valence-corrected chi connectivity index (χ4v) is 1.54. The number of benzene rings is 1. The molecule has 2 heteroatoms. The molecule has 66 valence electrons. The van der Waals surface area contributed by atoms with E-state index in [1.54, 1.807) is 0 Å². The number of halogens is 1. The molecule has 0 spiro atoms. The molecule has 1 nitrogen and oxygen atoms in total. The van der Waals surface area contributed by atoms with Crippen molar-refractivity contribution in [3.63, 3.8) is 0 Å². The molecule has 0 fully saturated rings. The molecule has 0 saturated heterocycles. The van der Waals surface area contributed by atoms with E-state index < -0.39 is 0 Å². The molecule has 1 rings (SSSR count). The summed E-state index contributed by atoms with van der Waals surface area (Å²) in [4.78, 5) is 0. The SMILES string of the molecule is CCC(N)Cc1ccccc1Br. The third-order valence-corrected chi connectivity index (χ3v) is 2.74. The van der Waals surface area contributed by atoms with Crippen LogP contribution < -0.4 is 5.73 Å². The zero-order valence-electron chi connectivity index (χ0n) is 7.26. The molecule has 0 aliphatic heterocycles. The lowest BCUT2D eigenvalue weighted by Gasteiger charge is -2.09. The predicted molar refractivity (Wildman–Crippen MR) is 56.1 cm³/mol. The lowest BCUT2D eigenvalue weighted by molar-refractivity contribution is 0.645. The molecule has 12 heavy (non-hydrogen) atoms. The summed E-state index contributed by atoms with van der Waals surface area (Å²) in [6.07, 6.45) is 1.99. The molecule has 2 N–H and O–H groups in total. The largest absolute Gasteiger partial charge is 0.327 e. The van der Waals surface area contributed by atoms with Gasteiger partial charge in [-0.05, 0) is 24.5 Å². The van der Waals surface area contributed by atoms with E-state index in [-0.39, 0.29) is 6.04 Å². The Hall–Kier alpha value is -0.340. The number of hydrogen-bond acceptors (Lipinski definition) is 1. The molecular formula is C10H14BrN. The average Bonchev–Trinajstić information content (AvgIpc) is 2.09. The van der Waals surface area contributed by atoms with Crippen LogP contribution in [0.1, 0.15) is 18.9 Å². The van der Waals surface area contributed by atoms with Gasteiger partial charge in [0.1, 0.15) is 0 Å². The molecule has 1 atom stereocenters. The Morgan fingerprint density at radius 1 is 1.42 bits per heavy atom. The highest BCUT2D eigenvalue weighted by molar-refractivity contribution is 9.10. The second-order valence-corrected chi connectivity index (χ2v) is 3.82. The average molecular weight is 228 g/mol. The topological polar surface area (TPSA) is 26.0 Å². The first-order valence-corrected chi connectivity index (χ1v) is 5.02. The molecule has 0 aromatic heterocycles. The van der Waals surface area contributed by atoms with Crippen molar-refractivity contribution in [1.82, 2.24) is 0 Å². The molecule has 0 aliphatic carbocycles. The highest BCUT2D eigenvalue weighted by atomic mass is 79.9. The van der Waals surface area contributed by atoms with Crippen LogP contribution in [-0.4, -0.2) is 6.04 Å². The summed E-state index contributed by atoms with van der Waals surface area (Å²) in [6.45, 7) is 2.11. The smallest absolute Gasteiger partial charge is 0.0207 e. The van der Waals surface area contributed by atoms with Gasteiger partial charge in [-0.15, -0.1) is 0 Å². The van der Waals surface area contributed by atoms with Crippen molar-refractivity contribution in [2.24, 2.45) is 5.73 Å². The van der Waals surface area contributed by atoms with Crippen LogP contribution in [0.25, 0.3) is 0 Å². The van der Waals surface area contributed by atoms with Gasteiger partial charge in [0, 0.05) is 10.5 Å². The van der Waals surface area contributed by atoms with Gasteiger partial charge in [0.15, 0.2) is 0 Å². The van der Waals surface area contributed by atoms with Crippen LogP contribution >= 0.6 is 15.9 Å². The molecule has 0 radical (unpaired) electrons. The van der Waals surface area contributed by atoms with Crippen molar-refractivity contribution in [2.75, 3.05) is 0 Å². The highest BCUT2D eigenvalue weighted by Gasteiger charge is 2.03. The molecule has 1 aromatic carbocycles. The second-order valence-electron chi connectivity index (χ2n) is 2.96. The van der Waals surface area contributed by atoms with Gasteiger partial charge in [-0.2, -0.15) is 0 Å². The predicted octanol–water partition coefficient (Wildman–Crippen LogP) is 2.73. The summed E-state index contributed by atoms with van der Waals surface area (Å²) < 4.78 is 1.16. The Balaban J connectivity index is 2.69. The van der Waals surface area contributed by atoms with Crippen LogP contribution in [0.15, 0.2) is 28.7 Å². The first-order chi connectivity index (χ1) is 5.74. The molecule has 1 aromatic rings. The van der Waals surface area contributed by atoms with Crippen molar-refractivity contribution in [3.05, 3.63) is 34.3 Å². The van der Waals surface area contributed by atoms with Gasteiger partial charge in [0.05, 0.1) is 0 Å². The first-order valence-electron chi connectivity index (χ1n) is 4.23. The van der Waals surface area contributed by atoms with Gasteiger partial charge in [-0.3, -0.25) is 0 Å². The van der Waals surface area contributed by atoms with Gasteiger partial charge in [-0.25, -0.2) is 0 Å². The fraction of sp³-hybridized carbons (Fsp3) is 0.400. The monoisotopic (exact) mass is 227 g/mol. The van der Waals surface area contributed by atoms with Gasteiger partial charge in [0.25, 0.3) is 0 Å². The molecule has 1 unspecified atom stereocenters. The van der Waals surface area contributed by atoms with Crippen molar-refractivity contribution in [1.29, 1.82) is 0 Å². The molecular weight excluding hydrogens is 214 g/mol. The zero-order valence-corrected chi connectivity index (χ0v) is 8.84. The molecule has 0 bridgehead atoms. The Morgan fingerprint density at radius 3 is 2.67 bits per heavy atom. The van der Waals surface area contributed by atoms with Gasteiger partial charge < -0.3 is 5.73 Å². The Kier molecular flexibility index (Phi) is 3.76. The minimum Gasteiger partial charge on any atom is -0.327 e. The van der Waals surface area contributed by atoms with Crippen LogP contribution in [0.4, 0.5) is 0 Å². The van der Waals surface area contributed by atoms with Crippen molar-refractivity contribution < 1.29 is 0 Å². The second kappa shape index (κ2) is 4.63. The van der Waals surface area contributed by atoms with Crippen molar-refractivity contribution in [3.8, 4) is 0 Å². The van der Waals surface area contributed by atoms with Crippen LogP contribution in [0.3, 0.4) is 0 Å². The van der Waals surface area contributed by atoms with Crippen LogP contribution in [0, 0.1) is 0 Å². The Labute approximate surface area is 82.1 Å². The van der Waals surface area contributed by atoms with E-state index in [9.17, 15) is 0 Å². The lowest BCUT2D eigenvalue weighted by Crippen LogP contribution is -2.21. The minimum absolute atomic E-state index is 0.281. The standard InChI is InChI=1S/C10H14BrN/c1-2-9(12)7-8-5-3-4-6-10(8)11/h3-6,9H,2,7,12H2,1H3. The number of rotatable bonds is 3. The third kappa shape index (κ3) is 2.61. The summed E-state index contributed by atoms with van der Waals surface area (Å²) >= 11 is 3.50. The van der Waals surface area contributed by atoms with Crippen molar-refractivity contribution >= 4 is 15.9 Å². The number of nitrogens with two attached hydrogens (primary N) is 1. The lowest BCUT2D eigenvalue weighted by atomic mass is 10.1. The van der Waals surface area contributed by atoms with E-state index in [0.717, 1.165) is 17.3 Å². The fourth-order valence-electron chi connectivity index (χ4n) is 1.09. The maximum atomic E-state index is 5.85.